The van der Waals surface area contributed by atoms with Crippen molar-refractivity contribution in [2.75, 3.05) is 11.9 Å². The molecular weight excluding hydrogens is 340 g/mol. The van der Waals surface area contributed by atoms with Gasteiger partial charge in [0.05, 0.1) is 19.0 Å². The maximum atomic E-state index is 12.3. The normalized spacial score (nSPS) is 16.1. The van der Waals surface area contributed by atoms with Crippen LogP contribution in [0.5, 0.6) is 0 Å². The van der Waals surface area contributed by atoms with Crippen LogP contribution in [0.1, 0.15) is 57.9 Å². The fourth-order valence-electron chi connectivity index (χ4n) is 3.39. The molecule has 1 fully saturated rings. The minimum atomic E-state index is -0.719. The van der Waals surface area contributed by atoms with Crippen molar-refractivity contribution in [2.45, 2.75) is 70.4 Å². The highest BCUT2D eigenvalue weighted by atomic mass is 16.2. The highest BCUT2D eigenvalue weighted by Gasteiger charge is 2.32. The van der Waals surface area contributed by atoms with Crippen LogP contribution in [0.2, 0.25) is 0 Å². The highest BCUT2D eigenvalue weighted by Crippen LogP contribution is 2.26. The molecule has 27 heavy (non-hydrogen) atoms. The summed E-state index contributed by atoms with van der Waals surface area (Å²) in [6.45, 7) is 3.99. The largest absolute Gasteiger partial charge is 0.376 e. The molecule has 0 radical (unpaired) electrons. The van der Waals surface area contributed by atoms with E-state index >= 15 is 0 Å². The molecule has 1 saturated carbocycles. The summed E-state index contributed by atoms with van der Waals surface area (Å²) in [4.78, 5) is 24.1. The van der Waals surface area contributed by atoms with E-state index in [0.29, 0.717) is 6.42 Å². The van der Waals surface area contributed by atoms with Gasteiger partial charge in [-0.25, -0.2) is 0 Å². The van der Waals surface area contributed by atoms with Gasteiger partial charge in [-0.3, -0.25) is 9.59 Å². The lowest BCUT2D eigenvalue weighted by atomic mass is 9.92. The van der Waals surface area contributed by atoms with Gasteiger partial charge in [-0.05, 0) is 44.4 Å². The molecule has 3 N–H and O–H groups in total. The first-order chi connectivity index (χ1) is 12.9. The molecule has 0 bridgehead atoms. The lowest BCUT2D eigenvalue weighted by molar-refractivity contribution is -0.121. The van der Waals surface area contributed by atoms with Crippen LogP contribution in [-0.2, 0) is 16.0 Å². The van der Waals surface area contributed by atoms with E-state index in [1.165, 1.54) is 0 Å². The third-order valence-electron chi connectivity index (χ3n) is 4.77. The fraction of sp³-hybridized carbons (Fsp3) is 0.571. The van der Waals surface area contributed by atoms with Crippen molar-refractivity contribution in [1.29, 1.82) is 5.26 Å². The van der Waals surface area contributed by atoms with Crippen LogP contribution in [0, 0.1) is 11.3 Å². The zero-order valence-electron chi connectivity index (χ0n) is 16.3. The molecule has 6 heteroatoms. The molecule has 0 aromatic heterocycles. The van der Waals surface area contributed by atoms with Crippen LogP contribution in [0.25, 0.3) is 0 Å². The molecule has 0 unspecified atom stereocenters. The van der Waals surface area contributed by atoms with Gasteiger partial charge in [-0.2, -0.15) is 5.26 Å². The van der Waals surface area contributed by atoms with Crippen molar-refractivity contribution in [2.24, 2.45) is 0 Å². The second-order valence-electron chi connectivity index (χ2n) is 7.61. The molecule has 1 aliphatic rings. The van der Waals surface area contributed by atoms with E-state index in [0.717, 1.165) is 49.8 Å². The Morgan fingerprint density at radius 3 is 2.26 bits per heavy atom. The minimum absolute atomic E-state index is 0.00436. The Labute approximate surface area is 161 Å². The standard InChI is InChI=1S/C21H30N4O2/c1-16(2)24-19(26)13-17-7-9-18(10-8-17)23-14-20(27)25-21(15-22)11-5-3-4-6-12-21/h7-10,16,23H,3-6,11-14H2,1-2H3,(H,24,26)(H,25,27). The van der Waals surface area contributed by atoms with Gasteiger partial charge in [0.15, 0.2) is 0 Å². The van der Waals surface area contributed by atoms with Crippen LogP contribution in [0.4, 0.5) is 5.69 Å². The number of rotatable bonds is 7. The minimum Gasteiger partial charge on any atom is -0.376 e. The van der Waals surface area contributed by atoms with Crippen molar-refractivity contribution in [1.82, 2.24) is 10.6 Å². The molecule has 0 spiro atoms. The van der Waals surface area contributed by atoms with Gasteiger partial charge in [-0.1, -0.05) is 37.8 Å². The molecule has 0 aliphatic heterocycles. The Morgan fingerprint density at radius 2 is 1.70 bits per heavy atom. The van der Waals surface area contributed by atoms with E-state index in [1.807, 2.05) is 38.1 Å². The summed E-state index contributed by atoms with van der Waals surface area (Å²) in [7, 11) is 0. The molecule has 1 aromatic rings. The molecule has 1 aliphatic carbocycles. The molecule has 6 nitrogen and oxygen atoms in total. The van der Waals surface area contributed by atoms with Gasteiger partial charge in [0.1, 0.15) is 5.54 Å². The van der Waals surface area contributed by atoms with E-state index in [2.05, 4.69) is 22.0 Å². The third-order valence-corrected chi connectivity index (χ3v) is 4.77. The average Bonchev–Trinajstić information content (AvgIpc) is 2.86. The smallest absolute Gasteiger partial charge is 0.240 e. The number of amides is 2. The quantitative estimate of drug-likeness (QED) is 0.643. The Morgan fingerprint density at radius 1 is 1.07 bits per heavy atom. The molecule has 2 rings (SSSR count). The van der Waals surface area contributed by atoms with Gasteiger partial charge in [-0.15, -0.1) is 0 Å². The molecule has 146 valence electrons. The van der Waals surface area contributed by atoms with Crippen LogP contribution in [-0.4, -0.2) is 29.9 Å². The van der Waals surface area contributed by atoms with E-state index < -0.39 is 5.54 Å². The molecule has 0 saturated heterocycles. The van der Waals surface area contributed by atoms with Gasteiger partial charge in [0.25, 0.3) is 0 Å². The Balaban J connectivity index is 1.82. The number of nitriles is 1. The van der Waals surface area contributed by atoms with Crippen molar-refractivity contribution >= 4 is 17.5 Å². The van der Waals surface area contributed by atoms with E-state index in [9.17, 15) is 14.9 Å². The number of carbonyl (C=O) groups is 2. The van der Waals surface area contributed by atoms with Gasteiger partial charge >= 0.3 is 0 Å². The summed E-state index contributed by atoms with van der Waals surface area (Å²) in [6, 6.07) is 9.93. The van der Waals surface area contributed by atoms with Crippen LogP contribution < -0.4 is 16.0 Å². The van der Waals surface area contributed by atoms with Crippen LogP contribution in [0.3, 0.4) is 0 Å². The molecular formula is C21H30N4O2. The summed E-state index contributed by atoms with van der Waals surface area (Å²) in [5, 5.41) is 18.4. The lowest BCUT2D eigenvalue weighted by Gasteiger charge is -2.26. The number of nitrogens with one attached hydrogen (secondary N) is 3. The monoisotopic (exact) mass is 370 g/mol. The first kappa shape index (κ1) is 20.8. The topological polar surface area (TPSA) is 94.0 Å². The second-order valence-corrected chi connectivity index (χ2v) is 7.61. The Hall–Kier alpha value is -2.55. The molecule has 2 amide bonds. The number of hydrogen-bond acceptors (Lipinski definition) is 4. The maximum absolute atomic E-state index is 12.3. The Bertz CT molecular complexity index is 668. The zero-order valence-corrected chi connectivity index (χ0v) is 16.3. The average molecular weight is 370 g/mol. The van der Waals surface area contributed by atoms with Crippen LogP contribution in [0.15, 0.2) is 24.3 Å². The molecule has 0 heterocycles. The van der Waals surface area contributed by atoms with E-state index in [-0.39, 0.29) is 24.4 Å². The predicted octanol–water partition coefficient (Wildman–Crippen LogP) is 2.90. The predicted molar refractivity (Wildman–Crippen MR) is 106 cm³/mol. The molecule has 1 aromatic carbocycles. The maximum Gasteiger partial charge on any atom is 0.240 e. The summed E-state index contributed by atoms with van der Waals surface area (Å²) in [5.41, 5.74) is 1.01. The van der Waals surface area contributed by atoms with E-state index in [1.54, 1.807) is 0 Å². The summed E-state index contributed by atoms with van der Waals surface area (Å²) in [5.74, 6) is -0.172. The Kier molecular flexibility index (Phi) is 7.66. The second kappa shape index (κ2) is 9.96. The number of hydrogen-bond donors (Lipinski definition) is 3. The number of carbonyl (C=O) groups excluding carboxylic acids is 2. The van der Waals surface area contributed by atoms with Gasteiger partial charge in [0.2, 0.25) is 11.8 Å². The van der Waals surface area contributed by atoms with Crippen molar-refractivity contribution in [3.05, 3.63) is 29.8 Å². The summed E-state index contributed by atoms with van der Waals surface area (Å²) in [6.07, 6.45) is 5.99. The third kappa shape index (κ3) is 6.93. The highest BCUT2D eigenvalue weighted by molar-refractivity contribution is 5.82. The first-order valence-electron chi connectivity index (χ1n) is 9.77. The first-order valence-corrected chi connectivity index (χ1v) is 9.77. The van der Waals surface area contributed by atoms with Crippen molar-refractivity contribution in [3.8, 4) is 6.07 Å². The number of nitrogens with zero attached hydrogens (tertiary/aromatic N) is 1. The zero-order chi connectivity index (χ0) is 19.7. The van der Waals surface area contributed by atoms with Crippen molar-refractivity contribution in [3.63, 3.8) is 0 Å². The van der Waals surface area contributed by atoms with Crippen molar-refractivity contribution < 1.29 is 9.59 Å². The van der Waals surface area contributed by atoms with Crippen LogP contribution >= 0.6 is 0 Å². The summed E-state index contributed by atoms with van der Waals surface area (Å²) >= 11 is 0. The SMILES string of the molecule is CC(C)NC(=O)Cc1ccc(NCC(=O)NC2(C#N)CCCCCC2)cc1. The van der Waals surface area contributed by atoms with Gasteiger partial charge < -0.3 is 16.0 Å². The number of anilines is 1. The molecule has 0 atom stereocenters. The van der Waals surface area contributed by atoms with E-state index in [4.69, 9.17) is 0 Å². The fourth-order valence-corrected chi connectivity index (χ4v) is 3.39. The lowest BCUT2D eigenvalue weighted by Crippen LogP contribution is -2.48. The number of benzene rings is 1. The summed E-state index contributed by atoms with van der Waals surface area (Å²) < 4.78 is 0. The van der Waals surface area contributed by atoms with Gasteiger partial charge in [0, 0.05) is 11.7 Å².